The predicted molar refractivity (Wildman–Crippen MR) is 111 cm³/mol. The molecule has 4 rings (SSSR count). The van der Waals surface area contributed by atoms with Gasteiger partial charge in [-0.25, -0.2) is 4.68 Å². The van der Waals surface area contributed by atoms with Crippen molar-refractivity contribution in [3.63, 3.8) is 0 Å². The summed E-state index contributed by atoms with van der Waals surface area (Å²) in [5.41, 5.74) is 8.23. The maximum absolute atomic E-state index is 12.2. The Labute approximate surface area is 171 Å². The van der Waals surface area contributed by atoms with Crippen LogP contribution < -0.4 is 11.1 Å². The fourth-order valence-electron chi connectivity index (χ4n) is 3.24. The molecule has 1 aromatic heterocycles. The first kappa shape index (κ1) is 18.6. The van der Waals surface area contributed by atoms with Gasteiger partial charge in [0.2, 0.25) is 17.0 Å². The van der Waals surface area contributed by atoms with Gasteiger partial charge in [0.1, 0.15) is 5.92 Å². The van der Waals surface area contributed by atoms with Gasteiger partial charge in [0.25, 0.3) is 0 Å². The van der Waals surface area contributed by atoms with E-state index in [0.717, 1.165) is 11.3 Å². The van der Waals surface area contributed by atoms with Crippen LogP contribution in [0.3, 0.4) is 0 Å². The summed E-state index contributed by atoms with van der Waals surface area (Å²) in [6.45, 7) is 3.99. The number of hydrogen-bond donors (Lipinski definition) is 2. The summed E-state index contributed by atoms with van der Waals surface area (Å²) in [5, 5.41) is 8.94. The summed E-state index contributed by atoms with van der Waals surface area (Å²) < 4.78 is 1.71. The Kier molecular flexibility index (Phi) is 5.11. The lowest BCUT2D eigenvalue weighted by Gasteiger charge is -2.32. The molecule has 0 saturated heterocycles. The Hall–Kier alpha value is -2.77. The van der Waals surface area contributed by atoms with Crippen molar-refractivity contribution < 1.29 is 4.79 Å². The van der Waals surface area contributed by atoms with Crippen LogP contribution in [0.25, 0.3) is 0 Å². The summed E-state index contributed by atoms with van der Waals surface area (Å²) in [4.78, 5) is 16.7. The first-order chi connectivity index (χ1) is 13.5. The van der Waals surface area contributed by atoms with E-state index in [1.807, 2.05) is 30.3 Å². The normalized spacial score (nSPS) is 18.4. The maximum Gasteiger partial charge on any atom is 0.229 e. The number of carbonyl (C=O) groups excluding carboxylic acids is 1. The van der Waals surface area contributed by atoms with E-state index < -0.39 is 17.9 Å². The highest BCUT2D eigenvalue weighted by molar-refractivity contribution is 7.98. The van der Waals surface area contributed by atoms with Gasteiger partial charge in [-0.2, -0.15) is 4.98 Å². The van der Waals surface area contributed by atoms with Gasteiger partial charge in [-0.1, -0.05) is 72.4 Å². The fourth-order valence-corrected chi connectivity index (χ4v) is 4.15. The third-order valence-corrected chi connectivity index (χ3v) is 5.73. The van der Waals surface area contributed by atoms with Crippen molar-refractivity contribution >= 4 is 35.2 Å². The van der Waals surface area contributed by atoms with Crippen molar-refractivity contribution in [2.45, 2.75) is 17.0 Å². The topological polar surface area (TPSA) is 85.8 Å². The molecule has 1 amide bonds. The number of thioether (sulfide) groups is 1. The molecule has 6 nitrogen and oxygen atoms in total. The molecule has 0 spiro atoms. The highest BCUT2D eigenvalue weighted by Crippen LogP contribution is 2.38. The molecule has 0 unspecified atom stereocenters. The molecule has 142 valence electrons. The molecule has 0 bridgehead atoms. The SMILES string of the molecule is C=C1Nc2nc(SCc3ccccc3)nn2[C@@H](c2ccc(Cl)cc2)[C@@H]1C(N)=O. The number of fused-ring (bicyclic) bond motifs is 1. The molecule has 3 N–H and O–H groups in total. The van der Waals surface area contributed by atoms with Crippen molar-refractivity contribution in [1.29, 1.82) is 0 Å². The van der Waals surface area contributed by atoms with E-state index in [1.54, 1.807) is 16.8 Å². The van der Waals surface area contributed by atoms with Crippen molar-refractivity contribution in [3.8, 4) is 0 Å². The van der Waals surface area contributed by atoms with Crippen LogP contribution in [0, 0.1) is 5.92 Å². The van der Waals surface area contributed by atoms with E-state index in [1.165, 1.54) is 17.3 Å². The molecule has 1 aliphatic rings. The van der Waals surface area contributed by atoms with Crippen LogP contribution in [0.5, 0.6) is 0 Å². The quantitative estimate of drug-likeness (QED) is 0.623. The number of anilines is 1. The zero-order valence-electron chi connectivity index (χ0n) is 14.9. The van der Waals surface area contributed by atoms with Crippen molar-refractivity contribution in [1.82, 2.24) is 14.8 Å². The van der Waals surface area contributed by atoms with E-state index in [0.29, 0.717) is 21.8 Å². The van der Waals surface area contributed by atoms with Crippen LogP contribution in [-0.2, 0) is 10.5 Å². The second-order valence-electron chi connectivity index (χ2n) is 6.46. The number of carbonyl (C=O) groups is 1. The molecule has 2 heterocycles. The van der Waals surface area contributed by atoms with E-state index in [4.69, 9.17) is 17.3 Å². The fraction of sp³-hybridized carbons (Fsp3) is 0.150. The van der Waals surface area contributed by atoms with Crippen molar-refractivity contribution in [2.24, 2.45) is 11.7 Å². The van der Waals surface area contributed by atoms with Gasteiger partial charge in [-0.3, -0.25) is 4.79 Å². The molecule has 0 aliphatic carbocycles. The molecule has 8 heteroatoms. The maximum atomic E-state index is 12.2. The van der Waals surface area contributed by atoms with E-state index >= 15 is 0 Å². The smallest absolute Gasteiger partial charge is 0.229 e. The van der Waals surface area contributed by atoms with Gasteiger partial charge in [0, 0.05) is 16.5 Å². The Morgan fingerprint density at radius 3 is 2.61 bits per heavy atom. The number of halogens is 1. The van der Waals surface area contributed by atoms with Crippen LogP contribution in [0.15, 0.2) is 72.0 Å². The van der Waals surface area contributed by atoms with Gasteiger partial charge in [0.05, 0.1) is 6.04 Å². The third kappa shape index (κ3) is 3.63. The van der Waals surface area contributed by atoms with Crippen LogP contribution in [0.4, 0.5) is 5.95 Å². The van der Waals surface area contributed by atoms with Gasteiger partial charge in [-0.15, -0.1) is 5.10 Å². The van der Waals surface area contributed by atoms with Crippen molar-refractivity contribution in [3.05, 3.63) is 83.0 Å². The average molecular weight is 412 g/mol. The predicted octanol–water partition coefficient (Wildman–Crippen LogP) is 3.85. The van der Waals surface area contributed by atoms with Crippen LogP contribution in [0.2, 0.25) is 5.02 Å². The number of benzene rings is 2. The van der Waals surface area contributed by atoms with E-state index in [-0.39, 0.29) is 0 Å². The molecule has 0 fully saturated rings. The molecular formula is C20H18ClN5OS. The summed E-state index contributed by atoms with van der Waals surface area (Å²) in [5.74, 6) is 0.160. The number of aromatic nitrogens is 3. The largest absolute Gasteiger partial charge is 0.369 e. The number of rotatable bonds is 5. The number of hydrogen-bond acceptors (Lipinski definition) is 5. The second kappa shape index (κ2) is 7.69. The Morgan fingerprint density at radius 2 is 1.93 bits per heavy atom. The lowest BCUT2D eigenvalue weighted by Crippen LogP contribution is -2.40. The molecule has 0 saturated carbocycles. The van der Waals surface area contributed by atoms with Gasteiger partial charge in [-0.05, 0) is 23.3 Å². The third-order valence-electron chi connectivity index (χ3n) is 4.57. The average Bonchev–Trinajstić information content (AvgIpc) is 3.09. The number of amides is 1. The van der Waals surface area contributed by atoms with Crippen LogP contribution >= 0.6 is 23.4 Å². The van der Waals surface area contributed by atoms with Crippen LogP contribution in [-0.4, -0.2) is 20.7 Å². The zero-order chi connectivity index (χ0) is 19.7. The molecular weight excluding hydrogens is 394 g/mol. The summed E-state index contributed by atoms with van der Waals surface area (Å²) in [6, 6.07) is 17.0. The molecule has 0 radical (unpaired) electrons. The number of nitrogens with two attached hydrogens (primary N) is 1. The first-order valence-corrected chi connectivity index (χ1v) is 10.0. The summed E-state index contributed by atoms with van der Waals surface area (Å²) in [6.07, 6.45) is 0. The van der Waals surface area contributed by atoms with E-state index in [9.17, 15) is 4.79 Å². The Morgan fingerprint density at radius 1 is 1.21 bits per heavy atom. The minimum Gasteiger partial charge on any atom is -0.369 e. The highest BCUT2D eigenvalue weighted by atomic mass is 35.5. The van der Waals surface area contributed by atoms with Crippen molar-refractivity contribution in [2.75, 3.05) is 5.32 Å². The van der Waals surface area contributed by atoms with E-state index in [2.05, 4.69) is 34.1 Å². The summed E-state index contributed by atoms with van der Waals surface area (Å²) in [7, 11) is 0. The number of primary amides is 1. The molecule has 1 aliphatic heterocycles. The zero-order valence-corrected chi connectivity index (χ0v) is 16.5. The van der Waals surface area contributed by atoms with Gasteiger partial charge >= 0.3 is 0 Å². The minimum absolute atomic E-state index is 0.433. The minimum atomic E-state index is -0.651. The Bertz CT molecular complexity index is 1020. The van der Waals surface area contributed by atoms with Gasteiger partial charge in [0.15, 0.2) is 0 Å². The molecule has 28 heavy (non-hydrogen) atoms. The number of nitrogens with zero attached hydrogens (tertiary/aromatic N) is 3. The van der Waals surface area contributed by atoms with Gasteiger partial charge < -0.3 is 11.1 Å². The number of nitrogens with one attached hydrogen (secondary N) is 1. The highest BCUT2D eigenvalue weighted by Gasteiger charge is 2.39. The lowest BCUT2D eigenvalue weighted by molar-refractivity contribution is -0.121. The lowest BCUT2D eigenvalue weighted by atomic mass is 9.89. The standard InChI is InChI=1S/C20H18ClN5OS/c1-12-16(18(22)27)17(14-7-9-15(21)10-8-14)26-19(23-12)24-20(25-26)28-11-13-5-3-2-4-6-13/h2-10,16-17H,1,11H2,(H2,22,27)(H,23,24,25)/t16-,17+/m1/s1. The molecule has 2 aromatic carbocycles. The molecule has 2 atom stereocenters. The second-order valence-corrected chi connectivity index (χ2v) is 7.84. The monoisotopic (exact) mass is 411 g/mol. The van der Waals surface area contributed by atoms with Crippen LogP contribution in [0.1, 0.15) is 17.2 Å². The Balaban J connectivity index is 1.69. The summed E-state index contributed by atoms with van der Waals surface area (Å²) >= 11 is 7.55. The molecule has 3 aromatic rings. The first-order valence-electron chi connectivity index (χ1n) is 8.67.